The first-order valence-electron chi connectivity index (χ1n) is 7.05. The molecule has 0 amide bonds. The van der Waals surface area contributed by atoms with Gasteiger partial charge in [0.15, 0.2) is 0 Å². The second-order valence-electron chi connectivity index (χ2n) is 5.40. The fraction of sp³-hybridized carbons (Fsp3) is 0.333. The molecule has 0 aliphatic carbocycles. The SMILES string of the molecule is Cl.O=c1[nH]c(C2CCNCC2)nc2c1oc1ccc(Br)cc12. The monoisotopic (exact) mass is 383 g/mol. The lowest BCUT2D eigenvalue weighted by molar-refractivity contribution is 0.445. The van der Waals surface area contributed by atoms with Crippen molar-refractivity contribution in [2.45, 2.75) is 18.8 Å². The minimum absolute atomic E-state index is 0. The summed E-state index contributed by atoms with van der Waals surface area (Å²) in [7, 11) is 0. The average Bonchev–Trinajstić information content (AvgIpc) is 2.87. The Kier molecular flexibility index (Phi) is 4.25. The molecular weight excluding hydrogens is 370 g/mol. The number of halogens is 2. The molecule has 1 aliphatic heterocycles. The van der Waals surface area contributed by atoms with Crippen LogP contribution in [-0.4, -0.2) is 23.1 Å². The van der Waals surface area contributed by atoms with Gasteiger partial charge in [0.05, 0.1) is 0 Å². The van der Waals surface area contributed by atoms with Crippen LogP contribution in [0.2, 0.25) is 0 Å². The Morgan fingerprint density at radius 3 is 2.82 bits per heavy atom. The molecule has 0 bridgehead atoms. The smallest absolute Gasteiger partial charge is 0.294 e. The van der Waals surface area contributed by atoms with E-state index < -0.39 is 0 Å². The number of piperidine rings is 1. The summed E-state index contributed by atoms with van der Waals surface area (Å²) in [4.78, 5) is 19.9. The van der Waals surface area contributed by atoms with Gasteiger partial charge in [0.2, 0.25) is 5.58 Å². The third-order valence-corrected chi connectivity index (χ3v) is 4.52. The van der Waals surface area contributed by atoms with Gasteiger partial charge in [-0.25, -0.2) is 4.98 Å². The molecule has 2 aromatic heterocycles. The van der Waals surface area contributed by atoms with Crippen molar-refractivity contribution in [3.63, 3.8) is 0 Å². The quantitative estimate of drug-likeness (QED) is 0.675. The van der Waals surface area contributed by atoms with Crippen LogP contribution < -0.4 is 10.9 Å². The van der Waals surface area contributed by atoms with Gasteiger partial charge in [-0.15, -0.1) is 12.4 Å². The van der Waals surface area contributed by atoms with E-state index in [1.807, 2.05) is 18.2 Å². The van der Waals surface area contributed by atoms with Gasteiger partial charge >= 0.3 is 0 Å². The zero-order valence-corrected chi connectivity index (χ0v) is 14.1. The number of nitrogens with zero attached hydrogens (tertiary/aromatic N) is 1. The van der Waals surface area contributed by atoms with Gasteiger partial charge in [0, 0.05) is 15.8 Å². The number of fused-ring (bicyclic) bond motifs is 3. The topological polar surface area (TPSA) is 70.9 Å². The largest absolute Gasteiger partial charge is 0.449 e. The lowest BCUT2D eigenvalue weighted by Gasteiger charge is -2.21. The molecule has 1 aliphatic rings. The Morgan fingerprint density at radius 1 is 1.27 bits per heavy atom. The van der Waals surface area contributed by atoms with Crippen molar-refractivity contribution in [2.75, 3.05) is 13.1 Å². The molecule has 0 unspecified atom stereocenters. The second kappa shape index (κ2) is 6.02. The highest BCUT2D eigenvalue weighted by molar-refractivity contribution is 9.10. The van der Waals surface area contributed by atoms with E-state index in [0.717, 1.165) is 41.6 Å². The van der Waals surface area contributed by atoms with E-state index in [9.17, 15) is 4.79 Å². The van der Waals surface area contributed by atoms with Crippen LogP contribution in [-0.2, 0) is 0 Å². The molecule has 0 atom stereocenters. The third kappa shape index (κ3) is 2.55. The summed E-state index contributed by atoms with van der Waals surface area (Å²) in [5.74, 6) is 1.08. The molecule has 7 heteroatoms. The minimum Gasteiger partial charge on any atom is -0.449 e. The van der Waals surface area contributed by atoms with Gasteiger partial charge in [-0.2, -0.15) is 0 Å². The number of nitrogens with one attached hydrogen (secondary N) is 2. The Balaban J connectivity index is 0.00000144. The van der Waals surface area contributed by atoms with E-state index in [0.29, 0.717) is 22.6 Å². The molecule has 5 nitrogen and oxygen atoms in total. The van der Waals surface area contributed by atoms with Crippen molar-refractivity contribution in [3.05, 3.63) is 38.9 Å². The molecule has 3 aromatic rings. The summed E-state index contributed by atoms with van der Waals surface area (Å²) in [6.07, 6.45) is 1.99. The van der Waals surface area contributed by atoms with Gasteiger partial charge < -0.3 is 14.7 Å². The number of hydrogen-bond donors (Lipinski definition) is 2. The molecule has 1 saturated heterocycles. The van der Waals surface area contributed by atoms with Crippen LogP contribution in [0, 0.1) is 0 Å². The number of furan rings is 1. The first kappa shape index (κ1) is 15.5. The fourth-order valence-electron chi connectivity index (χ4n) is 2.93. The number of hydrogen-bond acceptors (Lipinski definition) is 4. The zero-order chi connectivity index (χ0) is 14.4. The standard InChI is InChI=1S/C15H14BrN3O2.ClH/c16-9-1-2-11-10(7-9)12-13(21-11)15(20)19-14(18-12)8-3-5-17-6-4-8;/h1-2,7-8,17H,3-6H2,(H,18,19,20);1H. The lowest BCUT2D eigenvalue weighted by atomic mass is 9.97. The number of benzene rings is 1. The maximum absolute atomic E-state index is 12.3. The Labute approximate surface area is 141 Å². The highest BCUT2D eigenvalue weighted by atomic mass is 79.9. The molecule has 116 valence electrons. The van der Waals surface area contributed by atoms with E-state index in [1.54, 1.807) is 0 Å². The van der Waals surface area contributed by atoms with Gasteiger partial charge in [-0.3, -0.25) is 4.79 Å². The summed E-state index contributed by atoms with van der Waals surface area (Å²) in [6.45, 7) is 1.92. The Morgan fingerprint density at radius 2 is 2.05 bits per heavy atom. The van der Waals surface area contributed by atoms with Gasteiger partial charge in [-0.05, 0) is 44.1 Å². The van der Waals surface area contributed by atoms with Crippen LogP contribution in [0.1, 0.15) is 24.6 Å². The fourth-order valence-corrected chi connectivity index (χ4v) is 3.29. The van der Waals surface area contributed by atoms with Crippen LogP contribution in [0.25, 0.3) is 22.1 Å². The van der Waals surface area contributed by atoms with Crippen molar-refractivity contribution in [1.29, 1.82) is 0 Å². The number of H-pyrrole nitrogens is 1. The Bertz CT molecular complexity index is 883. The molecule has 4 rings (SSSR count). The summed E-state index contributed by atoms with van der Waals surface area (Å²) in [6, 6.07) is 5.69. The second-order valence-corrected chi connectivity index (χ2v) is 6.31. The van der Waals surface area contributed by atoms with E-state index >= 15 is 0 Å². The van der Waals surface area contributed by atoms with Crippen molar-refractivity contribution in [1.82, 2.24) is 15.3 Å². The lowest BCUT2D eigenvalue weighted by Crippen LogP contribution is -2.28. The van der Waals surface area contributed by atoms with Gasteiger partial charge in [-0.1, -0.05) is 15.9 Å². The maximum Gasteiger partial charge on any atom is 0.294 e. The molecule has 3 heterocycles. The highest BCUT2D eigenvalue weighted by Gasteiger charge is 2.20. The summed E-state index contributed by atoms with van der Waals surface area (Å²) >= 11 is 3.45. The third-order valence-electron chi connectivity index (χ3n) is 4.03. The van der Waals surface area contributed by atoms with Crippen molar-refractivity contribution >= 4 is 50.4 Å². The predicted molar refractivity (Wildman–Crippen MR) is 91.9 cm³/mol. The van der Waals surface area contributed by atoms with Crippen LogP contribution >= 0.6 is 28.3 Å². The molecule has 0 spiro atoms. The first-order valence-corrected chi connectivity index (χ1v) is 7.84. The maximum atomic E-state index is 12.3. The molecule has 1 aromatic carbocycles. The van der Waals surface area contributed by atoms with E-state index in [2.05, 4.69) is 26.2 Å². The highest BCUT2D eigenvalue weighted by Crippen LogP contribution is 2.29. The van der Waals surface area contributed by atoms with Crippen LogP contribution in [0.3, 0.4) is 0 Å². The van der Waals surface area contributed by atoms with Crippen molar-refractivity contribution < 1.29 is 4.42 Å². The summed E-state index contributed by atoms with van der Waals surface area (Å²) < 4.78 is 6.59. The number of rotatable bonds is 1. The normalized spacial score (nSPS) is 16.0. The first-order chi connectivity index (χ1) is 10.2. The molecule has 0 saturated carbocycles. The van der Waals surface area contributed by atoms with Gasteiger partial charge in [0.25, 0.3) is 5.56 Å². The molecule has 1 fully saturated rings. The van der Waals surface area contributed by atoms with Gasteiger partial charge in [0.1, 0.15) is 16.9 Å². The molecule has 0 radical (unpaired) electrons. The number of aromatic nitrogens is 2. The van der Waals surface area contributed by atoms with Crippen LogP contribution in [0.4, 0.5) is 0 Å². The minimum atomic E-state index is -0.194. The van der Waals surface area contributed by atoms with E-state index in [4.69, 9.17) is 9.40 Å². The number of aromatic amines is 1. The zero-order valence-electron chi connectivity index (χ0n) is 11.7. The Hall–Kier alpha value is -1.37. The molecular formula is C15H15BrClN3O2. The summed E-state index contributed by atoms with van der Waals surface area (Å²) in [5.41, 5.74) is 1.46. The van der Waals surface area contributed by atoms with E-state index in [1.165, 1.54) is 0 Å². The average molecular weight is 385 g/mol. The predicted octanol–water partition coefficient (Wildman–Crippen LogP) is 3.32. The van der Waals surface area contributed by atoms with Crippen molar-refractivity contribution in [3.8, 4) is 0 Å². The van der Waals surface area contributed by atoms with Crippen LogP contribution in [0.5, 0.6) is 0 Å². The summed E-state index contributed by atoms with van der Waals surface area (Å²) in [5, 5.41) is 4.20. The molecule has 2 N–H and O–H groups in total. The molecule has 22 heavy (non-hydrogen) atoms. The van der Waals surface area contributed by atoms with Crippen LogP contribution in [0.15, 0.2) is 31.9 Å². The van der Waals surface area contributed by atoms with E-state index in [-0.39, 0.29) is 18.0 Å². The van der Waals surface area contributed by atoms with Crippen molar-refractivity contribution in [2.24, 2.45) is 0 Å².